The molecule has 0 spiro atoms. The molecule has 1 heterocycles. The maximum atomic E-state index is 11.5. The van der Waals surface area contributed by atoms with Gasteiger partial charge in [-0.15, -0.1) is 0 Å². The van der Waals surface area contributed by atoms with Gasteiger partial charge in [-0.25, -0.2) is 0 Å². The Morgan fingerprint density at radius 2 is 1.89 bits per heavy atom. The minimum atomic E-state index is -0.975. The highest BCUT2D eigenvalue weighted by Crippen LogP contribution is 2.44. The highest BCUT2D eigenvalue weighted by atomic mass is 16.6. The van der Waals surface area contributed by atoms with Crippen LogP contribution in [0.25, 0.3) is 0 Å². The Bertz CT molecular complexity index is 401. The van der Waals surface area contributed by atoms with E-state index in [0.29, 0.717) is 12.8 Å². The van der Waals surface area contributed by atoms with Crippen LogP contribution in [0.3, 0.4) is 0 Å². The largest absolute Gasteiger partial charge is 0.481 e. The van der Waals surface area contributed by atoms with Gasteiger partial charge in [0.25, 0.3) is 0 Å². The molecule has 0 radical (unpaired) electrons. The van der Waals surface area contributed by atoms with E-state index in [9.17, 15) is 19.2 Å². The van der Waals surface area contributed by atoms with E-state index in [0.717, 1.165) is 6.29 Å². The van der Waals surface area contributed by atoms with Gasteiger partial charge in [-0.1, -0.05) is 0 Å². The number of carbonyl (C=O) groups excluding carboxylic acids is 3. The summed E-state index contributed by atoms with van der Waals surface area (Å²) in [6.45, 7) is 0. The van der Waals surface area contributed by atoms with Crippen molar-refractivity contribution in [2.24, 2.45) is 23.7 Å². The maximum Gasteiger partial charge on any atom is 0.317 e. The summed E-state index contributed by atoms with van der Waals surface area (Å²) < 4.78 is 4.55. The quantitative estimate of drug-likeness (QED) is 0.443. The van der Waals surface area contributed by atoms with Crippen LogP contribution in [0.1, 0.15) is 25.7 Å². The van der Waals surface area contributed by atoms with Crippen molar-refractivity contribution in [3.05, 3.63) is 0 Å². The molecule has 2 fully saturated rings. The van der Waals surface area contributed by atoms with E-state index in [4.69, 9.17) is 5.11 Å². The van der Waals surface area contributed by atoms with Crippen molar-refractivity contribution in [2.45, 2.75) is 25.7 Å². The number of carboxylic acids is 1. The average Bonchev–Trinajstić information content (AvgIpc) is 2.61. The van der Waals surface area contributed by atoms with Crippen molar-refractivity contribution < 1.29 is 29.0 Å². The van der Waals surface area contributed by atoms with E-state index in [-0.39, 0.29) is 18.8 Å². The second-order valence-corrected chi connectivity index (χ2v) is 4.87. The summed E-state index contributed by atoms with van der Waals surface area (Å²) in [5, 5.41) is 9.15. The molecule has 0 amide bonds. The lowest BCUT2D eigenvalue weighted by atomic mass is 9.68. The standard InChI is InChI=1S/C12H14O6/c13-3-1-2-6-4-8-9(5-7(6)10(14)15)12(17)18-11(8)16/h3,6-9H,1-2,4-5H2,(H,14,15). The summed E-state index contributed by atoms with van der Waals surface area (Å²) in [4.78, 5) is 44.4. The molecule has 18 heavy (non-hydrogen) atoms. The van der Waals surface area contributed by atoms with Crippen molar-refractivity contribution in [3.63, 3.8) is 0 Å². The Morgan fingerprint density at radius 1 is 1.28 bits per heavy atom. The first-order valence-electron chi connectivity index (χ1n) is 5.96. The van der Waals surface area contributed by atoms with Crippen molar-refractivity contribution >= 4 is 24.2 Å². The highest BCUT2D eigenvalue weighted by molar-refractivity contribution is 5.97. The smallest absolute Gasteiger partial charge is 0.317 e. The van der Waals surface area contributed by atoms with E-state index in [1.165, 1.54) is 0 Å². The lowest BCUT2D eigenvalue weighted by Gasteiger charge is -2.32. The second kappa shape index (κ2) is 4.88. The molecule has 1 aliphatic heterocycles. The molecule has 98 valence electrons. The predicted octanol–water partition coefficient (Wildman–Crippen LogP) is 0.392. The molecule has 4 atom stereocenters. The zero-order valence-corrected chi connectivity index (χ0v) is 9.70. The topological polar surface area (TPSA) is 97.7 Å². The van der Waals surface area contributed by atoms with Crippen molar-refractivity contribution in [1.29, 1.82) is 0 Å². The van der Waals surface area contributed by atoms with Crippen LogP contribution in [-0.4, -0.2) is 29.3 Å². The van der Waals surface area contributed by atoms with Crippen molar-refractivity contribution in [3.8, 4) is 0 Å². The predicted molar refractivity (Wildman–Crippen MR) is 57.2 cm³/mol. The summed E-state index contributed by atoms with van der Waals surface area (Å²) in [5.41, 5.74) is 0. The molecule has 1 N–H and O–H groups in total. The van der Waals surface area contributed by atoms with Crippen LogP contribution in [0.4, 0.5) is 0 Å². The van der Waals surface area contributed by atoms with Crippen LogP contribution >= 0.6 is 0 Å². The summed E-state index contributed by atoms with van der Waals surface area (Å²) in [7, 11) is 0. The van der Waals surface area contributed by atoms with Crippen LogP contribution in [0, 0.1) is 23.7 Å². The fourth-order valence-electron chi connectivity index (χ4n) is 2.96. The number of aliphatic carboxylic acids is 1. The first-order valence-corrected chi connectivity index (χ1v) is 5.96. The third-order valence-corrected chi connectivity index (χ3v) is 3.90. The van der Waals surface area contributed by atoms with Crippen molar-refractivity contribution in [2.75, 3.05) is 0 Å². The molecular weight excluding hydrogens is 240 g/mol. The third-order valence-electron chi connectivity index (χ3n) is 3.90. The van der Waals surface area contributed by atoms with Gasteiger partial charge in [-0.3, -0.25) is 14.4 Å². The Labute approximate surface area is 103 Å². The molecule has 1 saturated heterocycles. The second-order valence-electron chi connectivity index (χ2n) is 4.87. The normalized spacial score (nSPS) is 34.9. The molecule has 4 unspecified atom stereocenters. The summed E-state index contributed by atoms with van der Waals surface area (Å²) in [6, 6.07) is 0. The number of carbonyl (C=O) groups is 4. The van der Waals surface area contributed by atoms with Gasteiger partial charge in [0, 0.05) is 6.42 Å². The Balaban J connectivity index is 2.15. The van der Waals surface area contributed by atoms with Gasteiger partial charge in [-0.2, -0.15) is 0 Å². The number of esters is 2. The fraction of sp³-hybridized carbons (Fsp3) is 0.667. The van der Waals surface area contributed by atoms with Gasteiger partial charge in [0.1, 0.15) is 6.29 Å². The number of rotatable bonds is 4. The van der Waals surface area contributed by atoms with E-state index in [1.54, 1.807) is 0 Å². The van der Waals surface area contributed by atoms with Crippen molar-refractivity contribution in [1.82, 2.24) is 0 Å². The highest BCUT2D eigenvalue weighted by Gasteiger charge is 2.52. The molecule has 0 bridgehead atoms. The number of carboxylic acid groups (broad SMARTS) is 1. The van der Waals surface area contributed by atoms with E-state index in [1.807, 2.05) is 0 Å². The van der Waals surface area contributed by atoms with Crippen LogP contribution < -0.4 is 0 Å². The van der Waals surface area contributed by atoms with Crippen LogP contribution in [0.2, 0.25) is 0 Å². The van der Waals surface area contributed by atoms with E-state index < -0.39 is 35.7 Å². The maximum absolute atomic E-state index is 11.5. The van der Waals surface area contributed by atoms with Crippen LogP contribution in [-0.2, 0) is 23.9 Å². The van der Waals surface area contributed by atoms with Gasteiger partial charge < -0.3 is 14.6 Å². The molecular formula is C12H14O6. The number of cyclic esters (lactones) is 2. The first-order chi connectivity index (χ1) is 8.54. The van der Waals surface area contributed by atoms with E-state index >= 15 is 0 Å². The minimum Gasteiger partial charge on any atom is -0.481 e. The molecule has 0 aromatic rings. The van der Waals surface area contributed by atoms with Gasteiger partial charge >= 0.3 is 17.9 Å². The number of fused-ring (bicyclic) bond motifs is 1. The Hall–Kier alpha value is -1.72. The third kappa shape index (κ3) is 2.14. The SMILES string of the molecule is O=CCCC1CC2C(=O)OC(=O)C2CC1C(=O)O. The van der Waals surface area contributed by atoms with Gasteiger partial charge in [0.05, 0.1) is 17.8 Å². The number of hydrogen-bond donors (Lipinski definition) is 1. The summed E-state index contributed by atoms with van der Waals surface area (Å²) in [6.07, 6.45) is 1.90. The molecule has 2 rings (SSSR count). The summed E-state index contributed by atoms with van der Waals surface area (Å²) >= 11 is 0. The monoisotopic (exact) mass is 254 g/mol. The number of hydrogen-bond acceptors (Lipinski definition) is 5. The number of ether oxygens (including phenoxy) is 1. The molecule has 6 nitrogen and oxygen atoms in total. The summed E-state index contributed by atoms with van der Waals surface area (Å²) in [5.74, 6) is -4.19. The molecule has 2 aliphatic rings. The lowest BCUT2D eigenvalue weighted by Crippen LogP contribution is -2.37. The van der Waals surface area contributed by atoms with Gasteiger partial charge in [0.15, 0.2) is 0 Å². The first kappa shape index (κ1) is 12.7. The van der Waals surface area contributed by atoms with Crippen LogP contribution in [0.15, 0.2) is 0 Å². The molecule has 0 aromatic heterocycles. The minimum absolute atomic E-state index is 0.133. The Kier molecular flexibility index (Phi) is 3.45. The zero-order chi connectivity index (χ0) is 13.3. The number of aldehydes is 1. The zero-order valence-electron chi connectivity index (χ0n) is 9.70. The van der Waals surface area contributed by atoms with Gasteiger partial charge in [-0.05, 0) is 25.2 Å². The molecule has 1 aliphatic carbocycles. The Morgan fingerprint density at radius 3 is 2.44 bits per heavy atom. The average molecular weight is 254 g/mol. The molecule has 0 aromatic carbocycles. The van der Waals surface area contributed by atoms with Gasteiger partial charge in [0.2, 0.25) is 0 Å². The fourth-order valence-corrected chi connectivity index (χ4v) is 2.96. The lowest BCUT2D eigenvalue weighted by molar-refractivity contribution is -0.153. The molecule has 6 heteroatoms. The van der Waals surface area contributed by atoms with Crippen LogP contribution in [0.5, 0.6) is 0 Å². The molecule has 1 saturated carbocycles. The van der Waals surface area contributed by atoms with E-state index in [2.05, 4.69) is 4.74 Å².